The van der Waals surface area contributed by atoms with Crippen molar-refractivity contribution in [3.63, 3.8) is 0 Å². The predicted molar refractivity (Wildman–Crippen MR) is 186 cm³/mol. The second-order valence-corrected chi connectivity index (χ2v) is 12.6. The zero-order valence-electron chi connectivity index (χ0n) is 24.8. The minimum Gasteiger partial charge on any atom is -0.497 e. The SMILES string of the molecule is COc1ccc(-c2csc(NC(=O)C(C)Sc3cccc(NC(=O)/C(=C\c4ccccc4Cl)NC(=O)c4ccccc4)c3)n2)cc1. The van der Waals surface area contributed by atoms with Crippen LogP contribution in [0.25, 0.3) is 17.3 Å². The number of ether oxygens (including phenoxy) is 1. The molecule has 0 aliphatic heterocycles. The summed E-state index contributed by atoms with van der Waals surface area (Å²) in [5, 5.41) is 10.8. The molecule has 5 rings (SSSR count). The molecule has 0 fully saturated rings. The van der Waals surface area contributed by atoms with Crippen LogP contribution in [0.4, 0.5) is 10.8 Å². The van der Waals surface area contributed by atoms with Gasteiger partial charge in [0.15, 0.2) is 5.13 Å². The number of hydrogen-bond donors (Lipinski definition) is 3. The summed E-state index contributed by atoms with van der Waals surface area (Å²) in [7, 11) is 1.61. The van der Waals surface area contributed by atoms with E-state index >= 15 is 0 Å². The molecular weight excluding hydrogens is 640 g/mol. The van der Waals surface area contributed by atoms with E-state index in [4.69, 9.17) is 16.3 Å². The molecule has 11 heteroatoms. The number of benzene rings is 4. The lowest BCUT2D eigenvalue weighted by atomic mass is 10.1. The van der Waals surface area contributed by atoms with E-state index in [0.717, 1.165) is 21.9 Å². The molecule has 232 valence electrons. The van der Waals surface area contributed by atoms with Gasteiger partial charge in [0.2, 0.25) is 5.91 Å². The molecule has 1 atom stereocenters. The van der Waals surface area contributed by atoms with Gasteiger partial charge in [0.25, 0.3) is 11.8 Å². The van der Waals surface area contributed by atoms with Crippen molar-refractivity contribution < 1.29 is 19.1 Å². The molecule has 0 aliphatic carbocycles. The molecule has 0 saturated heterocycles. The topological polar surface area (TPSA) is 109 Å². The summed E-state index contributed by atoms with van der Waals surface area (Å²) in [5.74, 6) is -0.419. The molecule has 1 unspecified atom stereocenters. The molecule has 4 aromatic carbocycles. The number of thiazole rings is 1. The Hall–Kier alpha value is -4.90. The Kier molecular flexibility index (Phi) is 10.9. The van der Waals surface area contributed by atoms with Gasteiger partial charge in [-0.05, 0) is 79.2 Å². The number of carbonyl (C=O) groups excluding carboxylic acids is 3. The maximum atomic E-state index is 13.5. The van der Waals surface area contributed by atoms with E-state index in [0.29, 0.717) is 27.0 Å². The number of amides is 3. The largest absolute Gasteiger partial charge is 0.497 e. The average Bonchev–Trinajstić information content (AvgIpc) is 3.54. The van der Waals surface area contributed by atoms with Crippen LogP contribution in [0.5, 0.6) is 5.75 Å². The van der Waals surface area contributed by atoms with Gasteiger partial charge in [-0.1, -0.05) is 54.1 Å². The smallest absolute Gasteiger partial charge is 0.272 e. The Morgan fingerprint density at radius 2 is 1.65 bits per heavy atom. The van der Waals surface area contributed by atoms with Crippen molar-refractivity contribution in [2.75, 3.05) is 17.7 Å². The van der Waals surface area contributed by atoms with Crippen molar-refractivity contribution in [1.82, 2.24) is 10.3 Å². The Bertz CT molecular complexity index is 1880. The molecule has 1 heterocycles. The van der Waals surface area contributed by atoms with E-state index in [2.05, 4.69) is 20.9 Å². The highest BCUT2D eigenvalue weighted by atomic mass is 35.5. The van der Waals surface area contributed by atoms with Gasteiger partial charge < -0.3 is 20.7 Å². The highest BCUT2D eigenvalue weighted by Gasteiger charge is 2.19. The third-order valence-corrected chi connectivity index (χ3v) is 8.82. The quantitative estimate of drug-likeness (QED) is 0.0972. The van der Waals surface area contributed by atoms with Crippen molar-refractivity contribution in [3.8, 4) is 17.0 Å². The fourth-order valence-electron chi connectivity index (χ4n) is 4.23. The molecule has 0 saturated carbocycles. The van der Waals surface area contributed by atoms with Crippen LogP contribution in [0.15, 0.2) is 119 Å². The number of rotatable bonds is 11. The maximum absolute atomic E-state index is 13.5. The fraction of sp³-hybridized carbons (Fsp3) is 0.0857. The number of anilines is 2. The second-order valence-electron chi connectivity index (χ2n) is 9.90. The first-order valence-electron chi connectivity index (χ1n) is 14.1. The molecule has 46 heavy (non-hydrogen) atoms. The molecular formula is C35H29ClN4O4S2. The lowest BCUT2D eigenvalue weighted by molar-refractivity contribution is -0.115. The van der Waals surface area contributed by atoms with E-state index in [1.165, 1.54) is 29.2 Å². The number of carbonyl (C=O) groups is 3. The van der Waals surface area contributed by atoms with E-state index < -0.39 is 17.1 Å². The molecule has 0 aliphatic rings. The van der Waals surface area contributed by atoms with E-state index in [9.17, 15) is 14.4 Å². The van der Waals surface area contributed by atoms with Crippen molar-refractivity contribution >= 4 is 69.3 Å². The highest BCUT2D eigenvalue weighted by molar-refractivity contribution is 8.00. The van der Waals surface area contributed by atoms with Crippen LogP contribution in [-0.2, 0) is 9.59 Å². The number of aromatic nitrogens is 1. The summed E-state index contributed by atoms with van der Waals surface area (Å²) < 4.78 is 5.21. The summed E-state index contributed by atoms with van der Waals surface area (Å²) in [6.07, 6.45) is 1.53. The number of halogens is 1. The number of thioether (sulfide) groups is 1. The molecule has 5 aromatic rings. The zero-order chi connectivity index (χ0) is 32.5. The van der Waals surface area contributed by atoms with Gasteiger partial charge in [-0.3, -0.25) is 14.4 Å². The van der Waals surface area contributed by atoms with Crippen LogP contribution >= 0.6 is 34.7 Å². The standard InChI is InChI=1S/C35H29ClN4O4S2/c1-22(32(41)40-35-39-31(21-45-35)23-15-17-27(44-2)18-16-23)46-28-13-8-12-26(20-28)37-34(43)30(19-25-11-6-7-14-29(25)36)38-33(42)24-9-4-3-5-10-24/h3-22H,1-2H3,(H,37,43)(H,38,42)(H,39,40,41)/b30-19+. The third-order valence-electron chi connectivity index (χ3n) is 6.63. The second kappa shape index (κ2) is 15.4. The van der Waals surface area contributed by atoms with Gasteiger partial charge in [0, 0.05) is 32.1 Å². The van der Waals surface area contributed by atoms with Gasteiger partial charge in [-0.2, -0.15) is 0 Å². The molecule has 0 radical (unpaired) electrons. The first-order chi connectivity index (χ1) is 22.3. The Balaban J connectivity index is 1.25. The van der Waals surface area contributed by atoms with Gasteiger partial charge in [-0.25, -0.2) is 4.98 Å². The Morgan fingerprint density at radius 3 is 2.39 bits per heavy atom. The summed E-state index contributed by atoms with van der Waals surface area (Å²) in [6.45, 7) is 1.80. The highest BCUT2D eigenvalue weighted by Crippen LogP contribution is 2.29. The van der Waals surface area contributed by atoms with Crippen LogP contribution in [0.3, 0.4) is 0 Å². The van der Waals surface area contributed by atoms with Gasteiger partial charge in [-0.15, -0.1) is 23.1 Å². The molecule has 3 N–H and O–H groups in total. The van der Waals surface area contributed by atoms with Crippen LogP contribution < -0.4 is 20.7 Å². The van der Waals surface area contributed by atoms with Crippen molar-refractivity contribution in [2.45, 2.75) is 17.1 Å². The number of methoxy groups -OCH3 is 1. The molecule has 8 nitrogen and oxygen atoms in total. The molecule has 0 bridgehead atoms. The van der Waals surface area contributed by atoms with Gasteiger partial charge >= 0.3 is 0 Å². The maximum Gasteiger partial charge on any atom is 0.272 e. The van der Waals surface area contributed by atoms with Gasteiger partial charge in [0.1, 0.15) is 11.4 Å². The summed E-state index contributed by atoms with van der Waals surface area (Å²) in [6, 6.07) is 30.3. The van der Waals surface area contributed by atoms with Gasteiger partial charge in [0.05, 0.1) is 18.1 Å². The van der Waals surface area contributed by atoms with E-state index in [1.807, 2.05) is 35.7 Å². The first-order valence-corrected chi connectivity index (χ1v) is 16.2. The normalized spacial score (nSPS) is 11.8. The van der Waals surface area contributed by atoms with Crippen molar-refractivity contribution in [1.29, 1.82) is 0 Å². The lowest BCUT2D eigenvalue weighted by Gasteiger charge is -2.14. The summed E-state index contributed by atoms with van der Waals surface area (Å²) in [5.41, 5.74) is 3.16. The molecule has 3 amide bonds. The predicted octanol–water partition coefficient (Wildman–Crippen LogP) is 8.00. The minimum atomic E-state index is -0.534. The van der Waals surface area contributed by atoms with Crippen LogP contribution in [0, 0.1) is 0 Å². The average molecular weight is 669 g/mol. The Labute approximate surface area is 279 Å². The van der Waals surface area contributed by atoms with Crippen LogP contribution in [0.2, 0.25) is 5.02 Å². The van der Waals surface area contributed by atoms with Crippen LogP contribution in [0.1, 0.15) is 22.8 Å². The summed E-state index contributed by atoms with van der Waals surface area (Å²) in [4.78, 5) is 44.7. The van der Waals surface area contributed by atoms with Crippen molar-refractivity contribution in [3.05, 3.63) is 130 Å². The summed E-state index contributed by atoms with van der Waals surface area (Å²) >= 11 is 9.03. The molecule has 1 aromatic heterocycles. The number of hydrogen-bond acceptors (Lipinski definition) is 7. The van der Waals surface area contributed by atoms with E-state index in [1.54, 1.807) is 86.8 Å². The fourth-order valence-corrected chi connectivity index (χ4v) is 6.07. The monoisotopic (exact) mass is 668 g/mol. The number of nitrogens with zero attached hydrogens (tertiary/aromatic N) is 1. The lowest BCUT2D eigenvalue weighted by Crippen LogP contribution is -2.30. The first kappa shape index (κ1) is 32.5. The van der Waals surface area contributed by atoms with E-state index in [-0.39, 0.29) is 11.6 Å². The Morgan fingerprint density at radius 1 is 0.913 bits per heavy atom. The third kappa shape index (κ3) is 8.63. The van der Waals surface area contributed by atoms with Crippen LogP contribution in [-0.4, -0.2) is 35.1 Å². The number of nitrogens with one attached hydrogen (secondary N) is 3. The van der Waals surface area contributed by atoms with Crippen molar-refractivity contribution in [2.24, 2.45) is 0 Å². The molecule has 0 spiro atoms. The zero-order valence-corrected chi connectivity index (χ0v) is 27.2. The minimum absolute atomic E-state index is 0.0187.